The van der Waals surface area contributed by atoms with E-state index in [1.165, 1.54) is 15.8 Å². The summed E-state index contributed by atoms with van der Waals surface area (Å²) >= 11 is 0. The van der Waals surface area contributed by atoms with Crippen LogP contribution in [0.3, 0.4) is 0 Å². The predicted octanol–water partition coefficient (Wildman–Crippen LogP) is 2.02. The number of anilines is 1. The fourth-order valence-corrected chi connectivity index (χ4v) is 4.60. The minimum Gasteiger partial charge on any atom is -0.341 e. The Hall–Kier alpha value is -3.16. The molecule has 8 heteroatoms. The maximum absolute atomic E-state index is 13.2. The van der Waals surface area contributed by atoms with Crippen LogP contribution in [0.1, 0.15) is 36.6 Å². The number of rotatable bonds is 3. The Morgan fingerprint density at radius 1 is 1.13 bits per heavy atom. The van der Waals surface area contributed by atoms with Crippen LogP contribution in [0.5, 0.6) is 0 Å². The summed E-state index contributed by atoms with van der Waals surface area (Å²) in [5.41, 5.74) is 3.61. The quantitative estimate of drug-likeness (QED) is 0.648. The number of fused-ring (bicyclic) bond motifs is 2. The van der Waals surface area contributed by atoms with Crippen LogP contribution in [-0.4, -0.2) is 49.6 Å². The van der Waals surface area contributed by atoms with Crippen LogP contribution < -0.4 is 10.6 Å². The molecule has 0 atom stereocenters. The number of piperidine rings is 1. The average molecular weight is 421 g/mol. The lowest BCUT2D eigenvalue weighted by Crippen LogP contribution is -2.41. The second-order valence-electron chi connectivity index (χ2n) is 8.83. The smallest absolute Gasteiger partial charge is 0.341 e. The molecule has 3 aromatic rings. The third-order valence-electron chi connectivity index (χ3n) is 6.51. The van der Waals surface area contributed by atoms with Crippen LogP contribution in [0.4, 0.5) is 5.95 Å². The summed E-state index contributed by atoms with van der Waals surface area (Å²) in [6, 6.07) is 10.2. The first-order valence-corrected chi connectivity index (χ1v) is 11.1. The highest BCUT2D eigenvalue weighted by Crippen LogP contribution is 2.23. The number of carbonyl (C=O) groups is 1. The standard InChI is InChI=1S/C23H28N6O2/c1-16-7-10-26(11-8-16)21(30)15-28-23(31)29-20(25-28)13-17(2)24-22(29)27-12-9-18-5-3-4-6-19(18)14-27/h3-6,13,16H,7-12,14-15H2,1-2H3. The number of amides is 1. The highest BCUT2D eigenvalue weighted by molar-refractivity contribution is 5.76. The van der Waals surface area contributed by atoms with Gasteiger partial charge < -0.3 is 9.80 Å². The van der Waals surface area contributed by atoms with Crippen LogP contribution in [-0.2, 0) is 24.3 Å². The van der Waals surface area contributed by atoms with Crippen molar-refractivity contribution in [3.63, 3.8) is 0 Å². The molecule has 2 aliphatic rings. The predicted molar refractivity (Wildman–Crippen MR) is 118 cm³/mol. The van der Waals surface area contributed by atoms with E-state index in [4.69, 9.17) is 0 Å². The number of carbonyl (C=O) groups excluding carboxylic acids is 1. The van der Waals surface area contributed by atoms with Gasteiger partial charge in [-0.25, -0.2) is 18.9 Å². The van der Waals surface area contributed by atoms with Crippen molar-refractivity contribution >= 4 is 17.5 Å². The van der Waals surface area contributed by atoms with Crippen molar-refractivity contribution in [2.45, 2.75) is 46.2 Å². The number of hydrogen-bond acceptors (Lipinski definition) is 5. The highest BCUT2D eigenvalue weighted by atomic mass is 16.2. The van der Waals surface area contributed by atoms with Gasteiger partial charge in [0.05, 0.1) is 0 Å². The van der Waals surface area contributed by atoms with Crippen LogP contribution in [0, 0.1) is 12.8 Å². The summed E-state index contributed by atoms with van der Waals surface area (Å²) in [4.78, 5) is 34.7. The van der Waals surface area contributed by atoms with Crippen LogP contribution in [0.15, 0.2) is 35.1 Å². The molecule has 0 unspecified atom stereocenters. The molecule has 0 radical (unpaired) electrons. The fraction of sp³-hybridized carbons (Fsp3) is 0.478. The molecular formula is C23H28N6O2. The summed E-state index contributed by atoms with van der Waals surface area (Å²) < 4.78 is 2.84. The maximum atomic E-state index is 13.2. The molecule has 4 heterocycles. The molecule has 1 saturated heterocycles. The summed E-state index contributed by atoms with van der Waals surface area (Å²) in [7, 11) is 0. The lowest BCUT2D eigenvalue weighted by molar-refractivity contribution is -0.133. The van der Waals surface area contributed by atoms with Gasteiger partial charge in [-0.05, 0) is 43.2 Å². The van der Waals surface area contributed by atoms with Crippen molar-refractivity contribution in [2.24, 2.45) is 5.92 Å². The first kappa shape index (κ1) is 19.8. The Balaban J connectivity index is 1.46. The largest absolute Gasteiger partial charge is 0.353 e. The Labute approximate surface area is 181 Å². The minimum absolute atomic E-state index is 0.0315. The van der Waals surface area contributed by atoms with E-state index in [0.717, 1.165) is 44.6 Å². The van der Waals surface area contributed by atoms with Crippen LogP contribution in [0.25, 0.3) is 5.65 Å². The minimum atomic E-state index is -0.310. The normalized spacial score (nSPS) is 17.2. The number of hydrogen-bond donors (Lipinski definition) is 0. The van der Waals surface area contributed by atoms with Crippen molar-refractivity contribution in [3.05, 3.63) is 57.6 Å². The molecule has 8 nitrogen and oxygen atoms in total. The van der Waals surface area contributed by atoms with Crippen LogP contribution >= 0.6 is 0 Å². The van der Waals surface area contributed by atoms with Gasteiger partial charge in [0.2, 0.25) is 11.9 Å². The number of aromatic nitrogens is 4. The molecule has 2 aromatic heterocycles. The first-order valence-electron chi connectivity index (χ1n) is 11.1. The second-order valence-corrected chi connectivity index (χ2v) is 8.83. The molecule has 0 bridgehead atoms. The summed E-state index contributed by atoms with van der Waals surface area (Å²) in [6.07, 6.45) is 2.92. The maximum Gasteiger partial charge on any atom is 0.353 e. The molecule has 0 N–H and O–H groups in total. The van der Waals surface area contributed by atoms with Crippen molar-refractivity contribution in [1.82, 2.24) is 24.1 Å². The molecule has 1 amide bonds. The lowest BCUT2D eigenvalue weighted by Gasteiger charge is -2.30. The molecule has 31 heavy (non-hydrogen) atoms. The fourth-order valence-electron chi connectivity index (χ4n) is 4.60. The summed E-state index contributed by atoms with van der Waals surface area (Å²) in [5.74, 6) is 1.20. The van der Waals surface area contributed by atoms with Gasteiger partial charge in [0, 0.05) is 37.9 Å². The van der Waals surface area contributed by atoms with Gasteiger partial charge in [-0.15, -0.1) is 5.10 Å². The molecule has 0 spiro atoms. The van der Waals surface area contributed by atoms with Gasteiger partial charge in [0.25, 0.3) is 0 Å². The molecule has 0 saturated carbocycles. The Bertz CT molecular complexity index is 1190. The van der Waals surface area contributed by atoms with E-state index in [-0.39, 0.29) is 18.1 Å². The van der Waals surface area contributed by atoms with Gasteiger partial charge in [0.15, 0.2) is 5.65 Å². The van der Waals surface area contributed by atoms with E-state index in [9.17, 15) is 9.59 Å². The zero-order valence-electron chi connectivity index (χ0n) is 18.1. The van der Waals surface area contributed by atoms with Crippen molar-refractivity contribution < 1.29 is 4.79 Å². The third kappa shape index (κ3) is 3.71. The third-order valence-corrected chi connectivity index (χ3v) is 6.51. The van der Waals surface area contributed by atoms with Gasteiger partial charge in [-0.1, -0.05) is 31.2 Å². The molecule has 5 rings (SSSR count). The van der Waals surface area contributed by atoms with Crippen LogP contribution in [0.2, 0.25) is 0 Å². The van der Waals surface area contributed by atoms with Gasteiger partial charge in [0.1, 0.15) is 6.54 Å². The Morgan fingerprint density at radius 2 is 1.87 bits per heavy atom. The van der Waals surface area contributed by atoms with E-state index in [1.807, 2.05) is 17.9 Å². The monoisotopic (exact) mass is 420 g/mol. The van der Waals surface area contributed by atoms with E-state index in [0.29, 0.717) is 24.1 Å². The number of nitrogens with zero attached hydrogens (tertiary/aromatic N) is 6. The molecule has 0 aliphatic carbocycles. The van der Waals surface area contributed by atoms with Gasteiger partial charge in [-0.3, -0.25) is 4.79 Å². The van der Waals surface area contributed by atoms with Gasteiger partial charge >= 0.3 is 5.69 Å². The second kappa shape index (κ2) is 7.83. The van der Waals surface area contributed by atoms with Crippen molar-refractivity contribution in [1.29, 1.82) is 0 Å². The summed E-state index contributed by atoms with van der Waals surface area (Å²) in [6.45, 7) is 7.07. The number of likely N-dealkylation sites (tertiary alicyclic amines) is 1. The average Bonchev–Trinajstić information content (AvgIpc) is 3.08. The van der Waals surface area contributed by atoms with E-state index in [1.54, 1.807) is 10.5 Å². The molecule has 2 aliphatic heterocycles. The van der Waals surface area contributed by atoms with E-state index < -0.39 is 0 Å². The molecule has 1 fully saturated rings. The van der Waals surface area contributed by atoms with Crippen molar-refractivity contribution in [3.8, 4) is 0 Å². The lowest BCUT2D eigenvalue weighted by atomic mass is 9.99. The molecular weight excluding hydrogens is 392 g/mol. The topological polar surface area (TPSA) is 75.7 Å². The van der Waals surface area contributed by atoms with E-state index in [2.05, 4.69) is 40.1 Å². The summed E-state index contributed by atoms with van der Waals surface area (Å²) in [5, 5.41) is 4.48. The first-order chi connectivity index (χ1) is 15.0. The Kier molecular flexibility index (Phi) is 5.00. The SMILES string of the molecule is Cc1cc2nn(CC(=O)N3CCC(C)CC3)c(=O)n2c(N2CCc3ccccc3C2)n1. The highest BCUT2D eigenvalue weighted by Gasteiger charge is 2.25. The van der Waals surface area contributed by atoms with Crippen molar-refractivity contribution in [2.75, 3.05) is 24.5 Å². The zero-order valence-corrected chi connectivity index (χ0v) is 18.1. The van der Waals surface area contributed by atoms with Gasteiger partial charge in [-0.2, -0.15) is 0 Å². The number of aryl methyl sites for hydroxylation is 1. The number of benzene rings is 1. The molecule has 1 aromatic carbocycles. The molecule has 162 valence electrons. The van der Waals surface area contributed by atoms with E-state index >= 15 is 0 Å². The Morgan fingerprint density at radius 3 is 2.65 bits per heavy atom. The zero-order chi connectivity index (χ0) is 21.5.